The van der Waals surface area contributed by atoms with Crippen LogP contribution in [0.15, 0.2) is 9.98 Å². The Morgan fingerprint density at radius 1 is 0.722 bits per heavy atom. The van der Waals surface area contributed by atoms with Crippen molar-refractivity contribution < 1.29 is 22.0 Å². The lowest BCUT2D eigenvalue weighted by Gasteiger charge is -2.04. The molecule has 0 saturated carbocycles. The highest BCUT2D eigenvalue weighted by molar-refractivity contribution is 5.93. The van der Waals surface area contributed by atoms with Crippen molar-refractivity contribution in [3.8, 4) is 0 Å². The number of hydrogen-bond acceptors (Lipinski definition) is 1. The molecule has 0 amide bonds. The number of benzene rings is 1. The van der Waals surface area contributed by atoms with E-state index < -0.39 is 46.7 Å². The standard InChI is InChI=1S/C8H6F5N5/c9-1-2(10)4(12)6(5(13)3(1)11)17-8(16)18-7(14)15/h(H6,14,15,16,17,18). The average molecular weight is 267 g/mol. The number of nitrogens with two attached hydrogens (primary N) is 3. The Bertz CT molecular complexity index is 520. The van der Waals surface area contributed by atoms with Gasteiger partial charge in [0, 0.05) is 0 Å². The van der Waals surface area contributed by atoms with Crippen LogP contribution in [0.5, 0.6) is 0 Å². The van der Waals surface area contributed by atoms with E-state index >= 15 is 0 Å². The Hall–Kier alpha value is -2.39. The third-order valence-electron chi connectivity index (χ3n) is 1.66. The third-order valence-corrected chi connectivity index (χ3v) is 1.66. The maximum absolute atomic E-state index is 13.1. The summed E-state index contributed by atoms with van der Waals surface area (Å²) in [4.78, 5) is 5.98. The molecular weight excluding hydrogens is 261 g/mol. The van der Waals surface area contributed by atoms with Crippen LogP contribution < -0.4 is 17.2 Å². The molecule has 6 N–H and O–H groups in total. The van der Waals surface area contributed by atoms with E-state index in [2.05, 4.69) is 9.98 Å². The molecule has 0 aromatic heterocycles. The normalized spacial score (nSPS) is 11.5. The highest BCUT2D eigenvalue weighted by Crippen LogP contribution is 2.29. The molecule has 0 aliphatic heterocycles. The van der Waals surface area contributed by atoms with Gasteiger partial charge in [0.25, 0.3) is 0 Å². The Morgan fingerprint density at radius 2 is 1.11 bits per heavy atom. The van der Waals surface area contributed by atoms with Gasteiger partial charge in [0.05, 0.1) is 0 Å². The van der Waals surface area contributed by atoms with Crippen LogP contribution in [-0.2, 0) is 0 Å². The predicted octanol–water partition coefficient (Wildman–Crippen LogP) is 0.602. The topological polar surface area (TPSA) is 103 Å². The Labute approximate surface area is 96.8 Å². The van der Waals surface area contributed by atoms with Gasteiger partial charge in [0.15, 0.2) is 29.2 Å². The first-order chi connectivity index (χ1) is 8.25. The number of halogens is 5. The smallest absolute Gasteiger partial charge is 0.223 e. The van der Waals surface area contributed by atoms with Crippen molar-refractivity contribution in [1.82, 2.24) is 0 Å². The summed E-state index contributed by atoms with van der Waals surface area (Å²) in [6.45, 7) is 0. The summed E-state index contributed by atoms with van der Waals surface area (Å²) in [5, 5.41) is 0. The number of hydrogen-bond donors (Lipinski definition) is 3. The highest BCUT2D eigenvalue weighted by Gasteiger charge is 2.25. The molecule has 1 aromatic rings. The fraction of sp³-hybridized carbons (Fsp3) is 0. The van der Waals surface area contributed by atoms with Gasteiger partial charge < -0.3 is 17.2 Å². The summed E-state index contributed by atoms with van der Waals surface area (Å²) >= 11 is 0. The molecule has 0 atom stereocenters. The molecule has 0 fully saturated rings. The van der Waals surface area contributed by atoms with Crippen LogP contribution in [0, 0.1) is 29.1 Å². The number of guanidine groups is 2. The van der Waals surface area contributed by atoms with Crippen LogP contribution in [0.4, 0.5) is 27.6 Å². The van der Waals surface area contributed by atoms with Crippen LogP contribution in [0.3, 0.4) is 0 Å². The van der Waals surface area contributed by atoms with Crippen molar-refractivity contribution in [2.75, 3.05) is 0 Å². The second-order valence-electron chi connectivity index (χ2n) is 2.93. The van der Waals surface area contributed by atoms with Crippen molar-refractivity contribution in [1.29, 1.82) is 0 Å². The molecule has 0 heterocycles. The lowest BCUT2D eigenvalue weighted by molar-refractivity contribution is 0.381. The summed E-state index contributed by atoms with van der Waals surface area (Å²) < 4.78 is 64.4. The fourth-order valence-corrected chi connectivity index (χ4v) is 0.963. The van der Waals surface area contributed by atoms with Crippen molar-refractivity contribution in [2.24, 2.45) is 27.2 Å². The first-order valence-electron chi connectivity index (χ1n) is 4.21. The molecule has 0 saturated heterocycles. The second-order valence-corrected chi connectivity index (χ2v) is 2.93. The summed E-state index contributed by atoms with van der Waals surface area (Å²) in [6, 6.07) is 0. The van der Waals surface area contributed by atoms with Gasteiger partial charge in [-0.15, -0.1) is 0 Å². The Morgan fingerprint density at radius 3 is 1.50 bits per heavy atom. The van der Waals surface area contributed by atoms with E-state index in [-0.39, 0.29) is 0 Å². The third kappa shape index (κ3) is 2.47. The summed E-state index contributed by atoms with van der Waals surface area (Å²) in [6.07, 6.45) is 0. The zero-order chi connectivity index (χ0) is 14.0. The number of aliphatic imine (C=N–C) groups is 2. The van der Waals surface area contributed by atoms with E-state index in [0.29, 0.717) is 0 Å². The summed E-state index contributed by atoms with van der Waals surface area (Å²) in [5.74, 6) is -12.3. The highest BCUT2D eigenvalue weighted by atomic mass is 19.2. The van der Waals surface area contributed by atoms with E-state index in [1.807, 2.05) is 0 Å². The maximum Gasteiger partial charge on any atom is 0.223 e. The maximum atomic E-state index is 13.1. The SMILES string of the molecule is NC(N)=NC(N)=Nc1c(F)c(F)c(F)c(F)c1F. The number of rotatable bonds is 1. The van der Waals surface area contributed by atoms with Crippen LogP contribution >= 0.6 is 0 Å². The van der Waals surface area contributed by atoms with E-state index in [0.717, 1.165) is 0 Å². The average Bonchev–Trinajstić information content (AvgIpc) is 2.29. The lowest BCUT2D eigenvalue weighted by atomic mass is 10.2. The van der Waals surface area contributed by atoms with Gasteiger partial charge in [-0.05, 0) is 0 Å². The molecule has 0 unspecified atom stereocenters. The lowest BCUT2D eigenvalue weighted by Crippen LogP contribution is -2.26. The van der Waals surface area contributed by atoms with Gasteiger partial charge >= 0.3 is 0 Å². The van der Waals surface area contributed by atoms with Crippen LogP contribution in [0.25, 0.3) is 0 Å². The van der Waals surface area contributed by atoms with E-state index in [4.69, 9.17) is 17.2 Å². The second kappa shape index (κ2) is 4.85. The van der Waals surface area contributed by atoms with Gasteiger partial charge in [0.1, 0.15) is 5.69 Å². The minimum Gasteiger partial charge on any atom is -0.370 e. The first kappa shape index (κ1) is 13.7. The number of nitrogens with zero attached hydrogens (tertiary/aromatic N) is 2. The largest absolute Gasteiger partial charge is 0.370 e. The molecule has 98 valence electrons. The minimum atomic E-state index is -2.30. The van der Waals surface area contributed by atoms with Crippen molar-refractivity contribution in [3.63, 3.8) is 0 Å². The van der Waals surface area contributed by atoms with E-state index in [1.165, 1.54) is 0 Å². The van der Waals surface area contributed by atoms with Gasteiger partial charge in [-0.1, -0.05) is 0 Å². The Kier molecular flexibility index (Phi) is 3.69. The molecule has 0 radical (unpaired) electrons. The van der Waals surface area contributed by atoms with Crippen molar-refractivity contribution >= 4 is 17.6 Å². The zero-order valence-corrected chi connectivity index (χ0v) is 8.52. The van der Waals surface area contributed by atoms with E-state index in [1.54, 1.807) is 0 Å². The quantitative estimate of drug-likeness (QED) is 0.228. The van der Waals surface area contributed by atoms with Crippen LogP contribution in [0.2, 0.25) is 0 Å². The summed E-state index contributed by atoms with van der Waals surface area (Å²) in [7, 11) is 0. The van der Waals surface area contributed by atoms with Crippen LogP contribution in [0.1, 0.15) is 0 Å². The first-order valence-corrected chi connectivity index (χ1v) is 4.21. The van der Waals surface area contributed by atoms with Crippen LogP contribution in [-0.4, -0.2) is 11.9 Å². The minimum absolute atomic E-state index is 0.597. The van der Waals surface area contributed by atoms with Gasteiger partial charge in [0.2, 0.25) is 11.8 Å². The molecule has 18 heavy (non-hydrogen) atoms. The van der Waals surface area contributed by atoms with Gasteiger partial charge in [-0.3, -0.25) is 0 Å². The molecule has 10 heteroatoms. The molecule has 0 aliphatic carbocycles. The van der Waals surface area contributed by atoms with Gasteiger partial charge in [-0.2, -0.15) is 4.99 Å². The molecular formula is C8H6F5N5. The van der Waals surface area contributed by atoms with Crippen molar-refractivity contribution in [2.45, 2.75) is 0 Å². The predicted molar refractivity (Wildman–Crippen MR) is 53.3 cm³/mol. The molecule has 1 rings (SSSR count). The Balaban J connectivity index is 3.48. The molecule has 0 aliphatic rings. The molecule has 5 nitrogen and oxygen atoms in total. The fourth-order valence-electron chi connectivity index (χ4n) is 0.963. The monoisotopic (exact) mass is 267 g/mol. The summed E-state index contributed by atoms with van der Waals surface area (Å²) in [5.41, 5.74) is 13.3. The molecule has 0 bridgehead atoms. The van der Waals surface area contributed by atoms with Crippen molar-refractivity contribution in [3.05, 3.63) is 29.1 Å². The zero-order valence-electron chi connectivity index (χ0n) is 8.52. The van der Waals surface area contributed by atoms with Gasteiger partial charge in [-0.25, -0.2) is 26.9 Å². The molecule has 1 aromatic carbocycles. The van der Waals surface area contributed by atoms with E-state index in [9.17, 15) is 22.0 Å². The molecule has 0 spiro atoms.